The molecule has 5 heteroatoms. The molecule has 0 saturated carbocycles. The summed E-state index contributed by atoms with van der Waals surface area (Å²) in [5.74, 6) is -0.956. The highest BCUT2D eigenvalue weighted by Crippen LogP contribution is 2.09. The maximum absolute atomic E-state index is 10.3. The summed E-state index contributed by atoms with van der Waals surface area (Å²) in [5, 5.41) is 26.0. The third-order valence-electron chi connectivity index (χ3n) is 1.75. The quantitative estimate of drug-likeness (QED) is 0.778. The first-order valence-corrected chi connectivity index (χ1v) is 5.55. The Balaban J connectivity index is 0.000000325. The van der Waals surface area contributed by atoms with Crippen LogP contribution in [0.2, 0.25) is 5.02 Å². The van der Waals surface area contributed by atoms with E-state index >= 15 is 0 Å². The van der Waals surface area contributed by atoms with Crippen molar-refractivity contribution in [2.24, 2.45) is 0 Å². The lowest BCUT2D eigenvalue weighted by atomic mass is 10.2. The Morgan fingerprint density at radius 2 is 1.82 bits per heavy atom. The number of aliphatic hydroxyl groups is 2. The van der Waals surface area contributed by atoms with Gasteiger partial charge in [-0.2, -0.15) is 0 Å². The number of hydrogen-bond acceptors (Lipinski definition) is 3. The second-order valence-electron chi connectivity index (χ2n) is 3.75. The minimum atomic E-state index is -0.956. The first-order chi connectivity index (χ1) is 7.82. The third-order valence-corrected chi connectivity index (χ3v) is 1.99. The number of rotatable bonds is 3. The van der Waals surface area contributed by atoms with Crippen LogP contribution in [0.25, 0.3) is 0 Å². The van der Waals surface area contributed by atoms with Gasteiger partial charge in [-0.05, 0) is 38.5 Å². The Kier molecular flexibility index (Phi) is 7.54. The summed E-state index contributed by atoms with van der Waals surface area (Å²) in [5.41, 5.74) is 0.215. The molecule has 4 nitrogen and oxygen atoms in total. The average Bonchev–Trinajstić information content (AvgIpc) is 2.16. The molecule has 0 spiro atoms. The number of carboxylic acid groups (broad SMARTS) is 1. The van der Waals surface area contributed by atoms with Gasteiger partial charge in [0, 0.05) is 5.02 Å². The van der Waals surface area contributed by atoms with Crippen molar-refractivity contribution in [3.8, 4) is 0 Å². The van der Waals surface area contributed by atoms with Gasteiger partial charge in [-0.1, -0.05) is 17.7 Å². The van der Waals surface area contributed by atoms with E-state index in [4.69, 9.17) is 26.9 Å². The summed E-state index contributed by atoms with van der Waals surface area (Å²) < 4.78 is 0. The van der Waals surface area contributed by atoms with Crippen LogP contribution in [0.15, 0.2) is 24.3 Å². The van der Waals surface area contributed by atoms with Gasteiger partial charge in [-0.3, -0.25) is 0 Å². The van der Waals surface area contributed by atoms with E-state index < -0.39 is 5.97 Å². The molecular weight excluding hydrogens is 244 g/mol. The zero-order chi connectivity index (χ0) is 13.4. The minimum absolute atomic E-state index is 0.215. The smallest absolute Gasteiger partial charge is 0.335 e. The van der Waals surface area contributed by atoms with E-state index in [0.29, 0.717) is 11.4 Å². The number of carboxylic acids is 1. The summed E-state index contributed by atoms with van der Waals surface area (Å²) in [6.45, 7) is 3.32. The molecule has 2 atom stereocenters. The first kappa shape index (κ1) is 15.9. The maximum atomic E-state index is 10.3. The summed E-state index contributed by atoms with van der Waals surface area (Å²) >= 11 is 5.53. The second-order valence-corrected chi connectivity index (χ2v) is 4.19. The molecule has 0 amide bonds. The van der Waals surface area contributed by atoms with Crippen LogP contribution in [-0.2, 0) is 0 Å². The number of hydrogen-bond donors (Lipinski definition) is 3. The van der Waals surface area contributed by atoms with Gasteiger partial charge < -0.3 is 15.3 Å². The summed E-state index contributed by atoms with van der Waals surface area (Å²) in [6, 6.07) is 6.14. The molecule has 0 bridgehead atoms. The normalized spacial score (nSPS) is 13.2. The number of carbonyl (C=O) groups is 1. The molecule has 96 valence electrons. The van der Waals surface area contributed by atoms with E-state index in [2.05, 4.69) is 0 Å². The van der Waals surface area contributed by atoms with E-state index in [-0.39, 0.29) is 17.8 Å². The van der Waals surface area contributed by atoms with E-state index in [0.717, 1.165) is 0 Å². The highest BCUT2D eigenvalue weighted by atomic mass is 35.5. The zero-order valence-corrected chi connectivity index (χ0v) is 10.6. The molecule has 0 saturated heterocycles. The van der Waals surface area contributed by atoms with Crippen molar-refractivity contribution < 1.29 is 20.1 Å². The fraction of sp³-hybridized carbons (Fsp3) is 0.417. The monoisotopic (exact) mass is 260 g/mol. The van der Waals surface area contributed by atoms with Crippen molar-refractivity contribution in [1.82, 2.24) is 0 Å². The Bertz CT molecular complexity index is 344. The van der Waals surface area contributed by atoms with E-state index in [9.17, 15) is 4.79 Å². The molecule has 0 fully saturated rings. The number of aliphatic hydroxyl groups excluding tert-OH is 2. The molecular formula is C12H17ClO4. The summed E-state index contributed by atoms with van der Waals surface area (Å²) in [4.78, 5) is 10.3. The van der Waals surface area contributed by atoms with Gasteiger partial charge in [-0.15, -0.1) is 0 Å². The SMILES string of the molecule is CC(O)CC(C)O.O=C(O)c1cccc(Cl)c1. The van der Waals surface area contributed by atoms with Gasteiger partial charge in [0.15, 0.2) is 0 Å². The van der Waals surface area contributed by atoms with Crippen LogP contribution in [-0.4, -0.2) is 33.5 Å². The number of aromatic carboxylic acids is 1. The molecule has 0 heterocycles. The van der Waals surface area contributed by atoms with Gasteiger partial charge in [0.25, 0.3) is 0 Å². The molecule has 0 aliphatic rings. The number of halogens is 1. The predicted molar refractivity (Wildman–Crippen MR) is 66.4 cm³/mol. The Labute approximate surface area is 105 Å². The second kappa shape index (κ2) is 8.06. The molecule has 0 aliphatic heterocycles. The van der Waals surface area contributed by atoms with Gasteiger partial charge in [0.1, 0.15) is 0 Å². The molecule has 17 heavy (non-hydrogen) atoms. The molecule has 1 rings (SSSR count). The zero-order valence-electron chi connectivity index (χ0n) is 9.80. The summed E-state index contributed by atoms with van der Waals surface area (Å²) in [6.07, 6.45) is -0.278. The van der Waals surface area contributed by atoms with Crippen LogP contribution in [0.3, 0.4) is 0 Å². The van der Waals surface area contributed by atoms with E-state index in [1.165, 1.54) is 12.1 Å². The minimum Gasteiger partial charge on any atom is -0.478 e. The highest BCUT2D eigenvalue weighted by Gasteiger charge is 2.00. The lowest BCUT2D eigenvalue weighted by Gasteiger charge is -2.04. The Hall–Kier alpha value is -1.10. The van der Waals surface area contributed by atoms with Crippen LogP contribution in [0.4, 0.5) is 0 Å². The Morgan fingerprint density at radius 3 is 2.06 bits per heavy atom. The highest BCUT2D eigenvalue weighted by molar-refractivity contribution is 6.30. The van der Waals surface area contributed by atoms with Crippen LogP contribution < -0.4 is 0 Å². The van der Waals surface area contributed by atoms with Gasteiger partial charge in [0.05, 0.1) is 17.8 Å². The molecule has 3 N–H and O–H groups in total. The van der Waals surface area contributed by atoms with E-state index in [1.54, 1.807) is 26.0 Å². The maximum Gasteiger partial charge on any atom is 0.335 e. The van der Waals surface area contributed by atoms with Crippen LogP contribution in [0.1, 0.15) is 30.6 Å². The van der Waals surface area contributed by atoms with Gasteiger partial charge in [-0.25, -0.2) is 4.79 Å². The van der Waals surface area contributed by atoms with Crippen molar-refractivity contribution in [3.63, 3.8) is 0 Å². The van der Waals surface area contributed by atoms with Crippen LogP contribution in [0, 0.1) is 0 Å². The first-order valence-electron chi connectivity index (χ1n) is 5.18. The lowest BCUT2D eigenvalue weighted by Crippen LogP contribution is -2.10. The molecule has 2 unspecified atom stereocenters. The van der Waals surface area contributed by atoms with E-state index in [1.807, 2.05) is 0 Å². The number of benzene rings is 1. The van der Waals surface area contributed by atoms with Crippen molar-refractivity contribution in [2.45, 2.75) is 32.5 Å². The molecule has 0 aromatic heterocycles. The van der Waals surface area contributed by atoms with Crippen molar-refractivity contribution in [1.29, 1.82) is 0 Å². The molecule has 1 aromatic carbocycles. The third kappa shape index (κ3) is 8.68. The summed E-state index contributed by atoms with van der Waals surface area (Å²) in [7, 11) is 0. The van der Waals surface area contributed by atoms with Crippen molar-refractivity contribution >= 4 is 17.6 Å². The average molecular weight is 261 g/mol. The topological polar surface area (TPSA) is 77.8 Å². The predicted octanol–water partition coefficient (Wildman–Crippen LogP) is 2.18. The van der Waals surface area contributed by atoms with Crippen molar-refractivity contribution in [2.75, 3.05) is 0 Å². The van der Waals surface area contributed by atoms with Crippen molar-refractivity contribution in [3.05, 3.63) is 34.9 Å². The fourth-order valence-electron chi connectivity index (χ4n) is 1.12. The standard InChI is InChI=1S/C7H5ClO2.C5H12O2/c8-6-3-1-2-5(4-6)7(9)10;1-4(6)3-5(2)7/h1-4H,(H,9,10);4-7H,3H2,1-2H3. The van der Waals surface area contributed by atoms with Crippen LogP contribution in [0.5, 0.6) is 0 Å². The van der Waals surface area contributed by atoms with Gasteiger partial charge in [0.2, 0.25) is 0 Å². The van der Waals surface area contributed by atoms with Crippen LogP contribution >= 0.6 is 11.6 Å². The molecule has 0 aliphatic carbocycles. The fourth-order valence-corrected chi connectivity index (χ4v) is 1.31. The Morgan fingerprint density at radius 1 is 1.29 bits per heavy atom. The molecule has 1 aromatic rings. The lowest BCUT2D eigenvalue weighted by molar-refractivity contribution is 0.0696. The van der Waals surface area contributed by atoms with Gasteiger partial charge >= 0.3 is 5.97 Å². The molecule has 0 radical (unpaired) electrons. The largest absolute Gasteiger partial charge is 0.478 e.